The first-order chi connectivity index (χ1) is 15.6. The standard InChI is InChI=1S/C24H29F2N3O4/c1-15-11-17(5-6-21(15)33-14-24(3,25)26)16(2)29-13-19-18(23(29)32)7-9-27-20(19)12-22(31)28-8-4-10-30/h5-7,9,11,16,30H,4,8,10,12-14H2,1-3H3,(H,28,31). The number of aliphatic hydroxyl groups is 1. The monoisotopic (exact) mass is 461 g/mol. The molecular weight excluding hydrogens is 432 g/mol. The number of rotatable bonds is 10. The number of amides is 2. The van der Waals surface area contributed by atoms with Gasteiger partial charge >= 0.3 is 0 Å². The van der Waals surface area contributed by atoms with E-state index < -0.39 is 12.5 Å². The Morgan fingerprint density at radius 3 is 2.79 bits per heavy atom. The van der Waals surface area contributed by atoms with Gasteiger partial charge < -0.3 is 20.1 Å². The summed E-state index contributed by atoms with van der Waals surface area (Å²) in [5.41, 5.74) is 3.36. The second-order valence-electron chi connectivity index (χ2n) is 8.38. The predicted molar refractivity (Wildman–Crippen MR) is 118 cm³/mol. The molecule has 2 N–H and O–H groups in total. The SMILES string of the molecule is Cc1cc(C(C)N2Cc3c(ccnc3CC(=O)NCCCO)C2=O)ccc1OCC(C)(F)F. The Balaban J connectivity index is 1.73. The third-order valence-corrected chi connectivity index (χ3v) is 5.58. The molecule has 1 aliphatic heterocycles. The first kappa shape index (κ1) is 24.6. The Hall–Kier alpha value is -3.07. The molecule has 0 saturated carbocycles. The number of nitrogens with zero attached hydrogens (tertiary/aromatic N) is 2. The quantitative estimate of drug-likeness (QED) is 0.531. The van der Waals surface area contributed by atoms with Gasteiger partial charge in [0, 0.05) is 43.9 Å². The second-order valence-corrected chi connectivity index (χ2v) is 8.38. The number of benzene rings is 1. The Kier molecular flexibility index (Phi) is 7.63. The van der Waals surface area contributed by atoms with Crippen LogP contribution in [-0.4, -0.2) is 52.5 Å². The van der Waals surface area contributed by atoms with Crippen molar-refractivity contribution in [3.8, 4) is 5.75 Å². The van der Waals surface area contributed by atoms with Crippen molar-refractivity contribution in [2.24, 2.45) is 0 Å². The number of hydrogen-bond acceptors (Lipinski definition) is 5. The van der Waals surface area contributed by atoms with Gasteiger partial charge in [0.2, 0.25) is 5.91 Å². The lowest BCUT2D eigenvalue weighted by Crippen LogP contribution is -2.28. The van der Waals surface area contributed by atoms with E-state index in [-0.39, 0.29) is 30.9 Å². The molecule has 9 heteroatoms. The average Bonchev–Trinajstić information content (AvgIpc) is 3.09. The van der Waals surface area contributed by atoms with Crippen molar-refractivity contribution in [2.45, 2.75) is 52.1 Å². The highest BCUT2D eigenvalue weighted by Crippen LogP contribution is 2.34. The smallest absolute Gasteiger partial charge is 0.278 e. The molecule has 0 bridgehead atoms. The van der Waals surface area contributed by atoms with Crippen molar-refractivity contribution < 1.29 is 28.2 Å². The van der Waals surface area contributed by atoms with E-state index in [0.29, 0.717) is 42.1 Å². The van der Waals surface area contributed by atoms with E-state index in [1.54, 1.807) is 30.0 Å². The number of fused-ring (bicyclic) bond motifs is 1. The summed E-state index contributed by atoms with van der Waals surface area (Å²) in [6.07, 6.45) is 2.05. The van der Waals surface area contributed by atoms with E-state index in [1.165, 1.54) is 6.20 Å². The van der Waals surface area contributed by atoms with Crippen molar-refractivity contribution in [3.05, 3.63) is 58.4 Å². The summed E-state index contributed by atoms with van der Waals surface area (Å²) >= 11 is 0. The maximum atomic E-state index is 13.1. The fraction of sp³-hybridized carbons (Fsp3) is 0.458. The summed E-state index contributed by atoms with van der Waals surface area (Å²) in [5.74, 6) is -2.91. The van der Waals surface area contributed by atoms with E-state index >= 15 is 0 Å². The van der Waals surface area contributed by atoms with Crippen LogP contribution in [0.15, 0.2) is 30.5 Å². The normalized spacial score (nSPS) is 14.2. The van der Waals surface area contributed by atoms with Gasteiger partial charge in [-0.15, -0.1) is 0 Å². The number of carbonyl (C=O) groups excluding carboxylic acids is 2. The Bertz CT molecular complexity index is 1020. The Morgan fingerprint density at radius 1 is 1.36 bits per heavy atom. The maximum absolute atomic E-state index is 13.1. The number of halogens is 2. The van der Waals surface area contributed by atoms with Gasteiger partial charge in [-0.05, 0) is 43.5 Å². The zero-order valence-corrected chi connectivity index (χ0v) is 19.0. The molecule has 0 saturated heterocycles. The molecule has 0 fully saturated rings. The molecule has 2 amide bonds. The predicted octanol–water partition coefficient (Wildman–Crippen LogP) is 3.18. The zero-order valence-electron chi connectivity index (χ0n) is 19.0. The Morgan fingerprint density at radius 2 is 2.12 bits per heavy atom. The van der Waals surface area contributed by atoms with Gasteiger partial charge in [-0.25, -0.2) is 8.78 Å². The molecule has 1 aromatic heterocycles. The number of carbonyl (C=O) groups is 2. The summed E-state index contributed by atoms with van der Waals surface area (Å²) in [4.78, 5) is 31.3. The summed E-state index contributed by atoms with van der Waals surface area (Å²) in [6, 6.07) is 6.62. The lowest BCUT2D eigenvalue weighted by atomic mass is 10.0. The van der Waals surface area contributed by atoms with Crippen LogP contribution in [0.4, 0.5) is 8.78 Å². The van der Waals surface area contributed by atoms with Gasteiger partial charge in [-0.2, -0.15) is 0 Å². The number of nitrogens with one attached hydrogen (secondary N) is 1. The van der Waals surface area contributed by atoms with E-state index in [9.17, 15) is 18.4 Å². The Labute approximate surface area is 191 Å². The molecule has 2 aromatic rings. The molecule has 1 aliphatic rings. The lowest BCUT2D eigenvalue weighted by Gasteiger charge is -2.25. The average molecular weight is 462 g/mol. The summed E-state index contributed by atoms with van der Waals surface area (Å²) in [5, 5.41) is 11.6. The minimum absolute atomic E-state index is 0.00171. The van der Waals surface area contributed by atoms with Crippen LogP contribution in [0.3, 0.4) is 0 Å². The van der Waals surface area contributed by atoms with Crippen LogP contribution in [0, 0.1) is 6.92 Å². The van der Waals surface area contributed by atoms with Gasteiger partial charge in [0.05, 0.1) is 18.2 Å². The third-order valence-electron chi connectivity index (χ3n) is 5.58. The summed E-state index contributed by atoms with van der Waals surface area (Å²) in [7, 11) is 0. The van der Waals surface area contributed by atoms with Crippen molar-refractivity contribution >= 4 is 11.8 Å². The van der Waals surface area contributed by atoms with Crippen LogP contribution in [-0.2, 0) is 17.8 Å². The van der Waals surface area contributed by atoms with Crippen LogP contribution in [0.1, 0.15) is 59.1 Å². The molecule has 2 heterocycles. The number of aryl methyl sites for hydroxylation is 1. The van der Waals surface area contributed by atoms with Gasteiger partial charge in [-0.1, -0.05) is 12.1 Å². The molecule has 3 rings (SSSR count). The summed E-state index contributed by atoms with van der Waals surface area (Å²) in [6.45, 7) is 4.47. The highest BCUT2D eigenvalue weighted by atomic mass is 19.3. The number of hydrogen-bond donors (Lipinski definition) is 2. The number of ether oxygens (including phenoxy) is 1. The molecule has 7 nitrogen and oxygen atoms in total. The molecule has 0 aliphatic carbocycles. The van der Waals surface area contributed by atoms with Crippen LogP contribution in [0.2, 0.25) is 0 Å². The molecule has 1 aromatic carbocycles. The lowest BCUT2D eigenvalue weighted by molar-refractivity contribution is -0.120. The largest absolute Gasteiger partial charge is 0.487 e. The van der Waals surface area contributed by atoms with Gasteiger partial charge in [0.15, 0.2) is 6.61 Å². The fourth-order valence-corrected chi connectivity index (χ4v) is 3.77. The first-order valence-electron chi connectivity index (χ1n) is 10.9. The zero-order chi connectivity index (χ0) is 24.2. The minimum Gasteiger partial charge on any atom is -0.487 e. The van der Waals surface area contributed by atoms with E-state index in [4.69, 9.17) is 9.84 Å². The number of alkyl halides is 2. The number of pyridine rings is 1. The first-order valence-corrected chi connectivity index (χ1v) is 10.9. The molecule has 1 atom stereocenters. The molecule has 33 heavy (non-hydrogen) atoms. The highest BCUT2D eigenvalue weighted by Gasteiger charge is 2.34. The molecule has 0 radical (unpaired) electrons. The van der Waals surface area contributed by atoms with Crippen LogP contribution < -0.4 is 10.1 Å². The second kappa shape index (κ2) is 10.2. The van der Waals surface area contributed by atoms with Crippen molar-refractivity contribution in [1.29, 1.82) is 0 Å². The molecule has 1 unspecified atom stereocenters. The van der Waals surface area contributed by atoms with Gasteiger partial charge in [-0.3, -0.25) is 14.6 Å². The topological polar surface area (TPSA) is 91.8 Å². The molecule has 0 spiro atoms. The van der Waals surface area contributed by atoms with E-state index in [2.05, 4.69) is 10.3 Å². The van der Waals surface area contributed by atoms with Gasteiger partial charge in [0.25, 0.3) is 11.8 Å². The molecule has 178 valence electrons. The number of aliphatic hydroxyl groups excluding tert-OH is 1. The van der Waals surface area contributed by atoms with Crippen LogP contribution in [0.25, 0.3) is 0 Å². The highest BCUT2D eigenvalue weighted by molar-refractivity contribution is 5.99. The van der Waals surface area contributed by atoms with E-state index in [0.717, 1.165) is 18.1 Å². The van der Waals surface area contributed by atoms with E-state index in [1.807, 2.05) is 13.0 Å². The molecular formula is C24H29F2N3O4. The number of aromatic nitrogens is 1. The third kappa shape index (κ3) is 6.04. The van der Waals surface area contributed by atoms with Gasteiger partial charge in [0.1, 0.15) is 5.75 Å². The minimum atomic E-state index is -2.92. The summed E-state index contributed by atoms with van der Waals surface area (Å²) < 4.78 is 31.4. The van der Waals surface area contributed by atoms with Crippen LogP contribution >= 0.6 is 0 Å². The van der Waals surface area contributed by atoms with Crippen LogP contribution in [0.5, 0.6) is 5.75 Å². The van der Waals surface area contributed by atoms with Crippen molar-refractivity contribution in [2.75, 3.05) is 19.8 Å². The fourth-order valence-electron chi connectivity index (χ4n) is 3.77. The maximum Gasteiger partial charge on any atom is 0.278 e. The van der Waals surface area contributed by atoms with Crippen molar-refractivity contribution in [1.82, 2.24) is 15.2 Å². The van der Waals surface area contributed by atoms with Crippen molar-refractivity contribution in [3.63, 3.8) is 0 Å².